The average molecular weight is 390 g/mol. The molecule has 0 aromatic rings. The Hall–Kier alpha value is -1.83. The number of carbonyl (C=O) groups excluding carboxylic acids is 2. The molecule has 0 aliphatic rings. The van der Waals surface area contributed by atoms with Crippen molar-refractivity contribution in [2.75, 3.05) is 33.2 Å². The highest BCUT2D eigenvalue weighted by Crippen LogP contribution is 2.13. The lowest BCUT2D eigenvalue weighted by Gasteiger charge is -2.34. The number of carbonyl (C=O) groups is 3. The summed E-state index contributed by atoms with van der Waals surface area (Å²) in [5.41, 5.74) is -1.12. The summed E-state index contributed by atoms with van der Waals surface area (Å²) in [6.45, 7) is 12.5. The fourth-order valence-electron chi connectivity index (χ4n) is 2.53. The first kappa shape index (κ1) is 25.2. The summed E-state index contributed by atoms with van der Waals surface area (Å²) in [5, 5.41) is 11.5. The minimum absolute atomic E-state index is 0.0539. The number of carboxylic acids is 1. The number of esters is 1. The molecule has 2 N–H and O–H groups in total. The highest BCUT2D eigenvalue weighted by atomic mass is 16.6. The van der Waals surface area contributed by atoms with Gasteiger partial charge in [0.2, 0.25) is 0 Å². The molecule has 0 aliphatic carbocycles. The van der Waals surface area contributed by atoms with Crippen LogP contribution < -0.4 is 5.32 Å². The molecule has 0 radical (unpaired) electrons. The van der Waals surface area contributed by atoms with E-state index >= 15 is 0 Å². The topological polar surface area (TPSA) is 102 Å². The van der Waals surface area contributed by atoms with Gasteiger partial charge in [0, 0.05) is 19.4 Å². The number of ether oxygens (including phenoxy) is 2. The quantitative estimate of drug-likeness (QED) is 0.338. The maximum absolute atomic E-state index is 12.2. The molecule has 0 aromatic carbocycles. The molecule has 1 atom stereocenters. The van der Waals surface area contributed by atoms with Crippen LogP contribution in [0.1, 0.15) is 60.8 Å². The lowest BCUT2D eigenvalue weighted by molar-refractivity contribution is -0.902. The molecular formula is C19H37N2O6+. The largest absolute Gasteiger partial charge is 0.481 e. The van der Waals surface area contributed by atoms with Gasteiger partial charge in [0.1, 0.15) is 11.2 Å². The Morgan fingerprint density at radius 3 is 1.93 bits per heavy atom. The van der Waals surface area contributed by atoms with Crippen LogP contribution in [0.15, 0.2) is 0 Å². The van der Waals surface area contributed by atoms with Gasteiger partial charge in [0.15, 0.2) is 6.54 Å². The number of hydrogen-bond acceptors (Lipinski definition) is 5. The predicted molar refractivity (Wildman–Crippen MR) is 102 cm³/mol. The van der Waals surface area contributed by atoms with Crippen molar-refractivity contribution in [2.24, 2.45) is 0 Å². The summed E-state index contributed by atoms with van der Waals surface area (Å²) in [7, 11) is 1.90. The fourth-order valence-corrected chi connectivity index (χ4v) is 2.53. The summed E-state index contributed by atoms with van der Waals surface area (Å²) in [4.78, 5) is 34.7. The van der Waals surface area contributed by atoms with Crippen molar-refractivity contribution in [2.45, 2.75) is 72.0 Å². The van der Waals surface area contributed by atoms with Gasteiger partial charge in [-0.15, -0.1) is 0 Å². The van der Waals surface area contributed by atoms with Gasteiger partial charge in [0.05, 0.1) is 26.6 Å². The van der Waals surface area contributed by atoms with Crippen molar-refractivity contribution < 1.29 is 33.4 Å². The smallest absolute Gasteiger partial charge is 0.407 e. The molecule has 8 heteroatoms. The van der Waals surface area contributed by atoms with Gasteiger partial charge in [-0.2, -0.15) is 0 Å². The van der Waals surface area contributed by atoms with Crippen molar-refractivity contribution >= 4 is 18.0 Å². The van der Waals surface area contributed by atoms with Gasteiger partial charge in [-0.25, -0.2) is 9.59 Å². The number of carboxylic acid groups (broad SMARTS) is 1. The third-order valence-electron chi connectivity index (χ3n) is 3.56. The molecular weight excluding hydrogens is 352 g/mol. The van der Waals surface area contributed by atoms with Gasteiger partial charge < -0.3 is 24.4 Å². The van der Waals surface area contributed by atoms with E-state index in [1.807, 2.05) is 27.8 Å². The zero-order valence-electron chi connectivity index (χ0n) is 17.9. The average Bonchev–Trinajstić information content (AvgIpc) is 2.38. The van der Waals surface area contributed by atoms with Gasteiger partial charge in [-0.05, 0) is 41.5 Å². The first-order valence-corrected chi connectivity index (χ1v) is 9.36. The Morgan fingerprint density at radius 1 is 0.926 bits per heavy atom. The van der Waals surface area contributed by atoms with Crippen LogP contribution in [0, 0.1) is 0 Å². The number of nitrogens with zero attached hydrogens (tertiary/aromatic N) is 1. The number of likely N-dealkylation sites (N-methyl/N-ethyl adjacent to an activating group) is 1. The number of nitrogens with one attached hydrogen (secondary N) is 1. The van der Waals surface area contributed by atoms with E-state index in [9.17, 15) is 14.4 Å². The standard InChI is InChI=1S/C19H36N2O6/c1-18(2,3)26-16(24)14-21(7,12-8-10-15(22)23)13-9-11-20-17(25)27-19(4,5)6/h8-14H2,1-7H3,(H-,20,22,23,25)/p+1. The predicted octanol–water partition coefficient (Wildman–Crippen LogP) is 2.55. The molecule has 0 fully saturated rings. The summed E-state index contributed by atoms with van der Waals surface area (Å²) in [5.74, 6) is -1.18. The molecule has 27 heavy (non-hydrogen) atoms. The maximum Gasteiger partial charge on any atom is 0.407 e. The Labute approximate surface area is 162 Å². The minimum atomic E-state index is -0.856. The van der Waals surface area contributed by atoms with Crippen molar-refractivity contribution in [3.63, 3.8) is 0 Å². The Morgan fingerprint density at radius 2 is 1.44 bits per heavy atom. The van der Waals surface area contributed by atoms with Crippen LogP contribution in [0.4, 0.5) is 4.79 Å². The van der Waals surface area contributed by atoms with Gasteiger partial charge in [-0.1, -0.05) is 0 Å². The molecule has 8 nitrogen and oxygen atoms in total. The summed E-state index contributed by atoms with van der Waals surface area (Å²) < 4.78 is 10.9. The zero-order chi connectivity index (χ0) is 21.3. The molecule has 158 valence electrons. The molecule has 0 aliphatic heterocycles. The molecule has 0 saturated heterocycles. The lowest BCUT2D eigenvalue weighted by atomic mass is 10.2. The van der Waals surface area contributed by atoms with E-state index in [2.05, 4.69) is 5.32 Å². The zero-order valence-corrected chi connectivity index (χ0v) is 17.9. The molecule has 0 rings (SSSR count). The first-order valence-electron chi connectivity index (χ1n) is 9.36. The summed E-state index contributed by atoms with van der Waals surface area (Å²) in [6.07, 6.45) is 0.674. The highest BCUT2D eigenvalue weighted by molar-refractivity contribution is 5.71. The number of alkyl carbamates (subject to hydrolysis) is 1. The van der Waals surface area contributed by atoms with Crippen LogP contribution in [0.3, 0.4) is 0 Å². The lowest BCUT2D eigenvalue weighted by Crippen LogP contribution is -2.51. The van der Waals surface area contributed by atoms with Crippen molar-refractivity contribution in [3.05, 3.63) is 0 Å². The van der Waals surface area contributed by atoms with Crippen LogP contribution in [-0.4, -0.2) is 72.1 Å². The molecule has 0 bridgehead atoms. The monoisotopic (exact) mass is 389 g/mol. The van der Waals surface area contributed by atoms with Gasteiger partial charge in [0.25, 0.3) is 0 Å². The minimum Gasteiger partial charge on any atom is -0.481 e. The highest BCUT2D eigenvalue weighted by Gasteiger charge is 2.28. The molecule has 0 spiro atoms. The van der Waals surface area contributed by atoms with E-state index in [1.54, 1.807) is 20.8 Å². The normalized spacial score (nSPS) is 14.2. The second kappa shape index (κ2) is 10.5. The van der Waals surface area contributed by atoms with Crippen LogP contribution >= 0.6 is 0 Å². The van der Waals surface area contributed by atoms with Crippen LogP contribution in [0.5, 0.6) is 0 Å². The van der Waals surface area contributed by atoms with Crippen molar-refractivity contribution in [3.8, 4) is 0 Å². The summed E-state index contributed by atoms with van der Waals surface area (Å²) in [6, 6.07) is 0. The SMILES string of the molecule is CC(C)(C)OC(=O)C[N+](C)(CCCNC(=O)OC(C)(C)C)CCCC(=O)O. The molecule has 0 heterocycles. The Balaban J connectivity index is 4.63. The molecule has 1 unspecified atom stereocenters. The maximum atomic E-state index is 12.2. The van der Waals surface area contributed by atoms with Gasteiger partial charge in [-0.3, -0.25) is 4.79 Å². The van der Waals surface area contributed by atoms with Crippen LogP contribution in [0.25, 0.3) is 0 Å². The van der Waals surface area contributed by atoms with E-state index in [-0.39, 0.29) is 18.9 Å². The number of amides is 1. The molecule has 1 amide bonds. The van der Waals surface area contributed by atoms with Gasteiger partial charge >= 0.3 is 18.0 Å². The third kappa shape index (κ3) is 15.0. The second-order valence-electron chi connectivity index (χ2n) is 9.09. The Kier molecular flexibility index (Phi) is 9.78. The first-order chi connectivity index (χ1) is 12.1. The van der Waals surface area contributed by atoms with Crippen LogP contribution in [0.2, 0.25) is 0 Å². The number of rotatable bonds is 10. The van der Waals surface area contributed by atoms with E-state index in [0.29, 0.717) is 37.0 Å². The second-order valence-corrected chi connectivity index (χ2v) is 9.09. The van der Waals surface area contributed by atoms with Crippen molar-refractivity contribution in [1.29, 1.82) is 0 Å². The Bertz CT molecular complexity index is 507. The third-order valence-corrected chi connectivity index (χ3v) is 3.56. The van der Waals surface area contributed by atoms with E-state index < -0.39 is 23.3 Å². The number of hydrogen-bond donors (Lipinski definition) is 2. The summed E-state index contributed by atoms with van der Waals surface area (Å²) >= 11 is 0. The fraction of sp³-hybridized carbons (Fsp3) is 0.842. The molecule has 0 saturated carbocycles. The van der Waals surface area contributed by atoms with E-state index in [0.717, 1.165) is 0 Å². The molecule has 0 aromatic heterocycles. The van der Waals surface area contributed by atoms with Crippen LogP contribution in [-0.2, 0) is 19.1 Å². The number of quaternary nitrogens is 1. The number of aliphatic carboxylic acids is 1. The van der Waals surface area contributed by atoms with Crippen molar-refractivity contribution in [1.82, 2.24) is 5.32 Å². The van der Waals surface area contributed by atoms with E-state index in [1.165, 1.54) is 0 Å². The van der Waals surface area contributed by atoms with E-state index in [4.69, 9.17) is 14.6 Å².